The molecule has 0 fully saturated rings. The van der Waals surface area contributed by atoms with Crippen molar-refractivity contribution < 1.29 is 5.11 Å². The molecule has 0 amide bonds. The molecule has 100 valence electrons. The van der Waals surface area contributed by atoms with Crippen LogP contribution in [0.5, 0.6) is 0 Å². The molecule has 1 atom stereocenters. The molecule has 0 aliphatic rings. The van der Waals surface area contributed by atoms with E-state index < -0.39 is 0 Å². The lowest BCUT2D eigenvalue weighted by Gasteiger charge is -2.08. The van der Waals surface area contributed by atoms with Gasteiger partial charge in [-0.2, -0.15) is 0 Å². The van der Waals surface area contributed by atoms with E-state index in [4.69, 9.17) is 10.8 Å². The Bertz CT molecular complexity index is 600. The number of hydrogen-bond donors (Lipinski definition) is 2. The summed E-state index contributed by atoms with van der Waals surface area (Å²) < 4.78 is 1.49. The predicted octanol–water partition coefficient (Wildman–Crippen LogP) is 1.53. The van der Waals surface area contributed by atoms with Crippen molar-refractivity contribution in [3.05, 3.63) is 58.5 Å². The molecule has 1 unspecified atom stereocenters. The molecule has 19 heavy (non-hydrogen) atoms. The Labute approximate surface area is 112 Å². The van der Waals surface area contributed by atoms with E-state index in [0.29, 0.717) is 6.54 Å². The van der Waals surface area contributed by atoms with E-state index in [-0.39, 0.29) is 18.2 Å². The van der Waals surface area contributed by atoms with E-state index >= 15 is 0 Å². The molecule has 4 heteroatoms. The van der Waals surface area contributed by atoms with Crippen LogP contribution in [0.4, 0.5) is 0 Å². The monoisotopic (exact) mass is 258 g/mol. The van der Waals surface area contributed by atoms with Crippen molar-refractivity contribution in [2.24, 2.45) is 5.73 Å². The van der Waals surface area contributed by atoms with Crippen LogP contribution in [0.25, 0.3) is 11.1 Å². The molecule has 1 aromatic carbocycles. The van der Waals surface area contributed by atoms with Crippen molar-refractivity contribution in [3.63, 3.8) is 0 Å². The minimum atomic E-state index is -0.109. The van der Waals surface area contributed by atoms with Crippen molar-refractivity contribution >= 4 is 0 Å². The summed E-state index contributed by atoms with van der Waals surface area (Å²) in [6.07, 6.45) is 1.70. The number of aromatic nitrogens is 1. The number of pyridine rings is 1. The molecule has 0 aliphatic heterocycles. The maximum absolute atomic E-state index is 11.8. The van der Waals surface area contributed by atoms with E-state index in [1.165, 1.54) is 4.57 Å². The Morgan fingerprint density at radius 1 is 1.21 bits per heavy atom. The summed E-state index contributed by atoms with van der Waals surface area (Å²) in [5, 5.41) is 8.84. The first kappa shape index (κ1) is 13.5. The highest BCUT2D eigenvalue weighted by atomic mass is 16.3. The lowest BCUT2D eigenvalue weighted by atomic mass is 10.0. The van der Waals surface area contributed by atoms with Gasteiger partial charge in [0.25, 0.3) is 5.56 Å². The van der Waals surface area contributed by atoms with Crippen molar-refractivity contribution in [1.29, 1.82) is 0 Å². The molecule has 4 nitrogen and oxygen atoms in total. The maximum atomic E-state index is 11.8. The van der Waals surface area contributed by atoms with Crippen molar-refractivity contribution in [2.45, 2.75) is 19.5 Å². The second-order valence-corrected chi connectivity index (χ2v) is 4.58. The van der Waals surface area contributed by atoms with Gasteiger partial charge in [0.05, 0.1) is 6.61 Å². The zero-order valence-electron chi connectivity index (χ0n) is 10.9. The molecule has 1 heterocycles. The quantitative estimate of drug-likeness (QED) is 0.873. The highest BCUT2D eigenvalue weighted by Gasteiger charge is 2.03. The fraction of sp³-hybridized carbons (Fsp3) is 0.267. The van der Waals surface area contributed by atoms with E-state index in [0.717, 1.165) is 16.7 Å². The molecule has 3 N–H and O–H groups in total. The van der Waals surface area contributed by atoms with Crippen LogP contribution >= 0.6 is 0 Å². The molecule has 0 saturated carbocycles. The van der Waals surface area contributed by atoms with Crippen LogP contribution in [0.1, 0.15) is 18.5 Å². The minimum absolute atomic E-state index is 0.00612. The van der Waals surface area contributed by atoms with Crippen LogP contribution in [0, 0.1) is 0 Å². The van der Waals surface area contributed by atoms with E-state index in [1.807, 2.05) is 37.3 Å². The normalized spacial score (nSPS) is 12.4. The van der Waals surface area contributed by atoms with E-state index in [1.54, 1.807) is 12.3 Å². The number of aliphatic hydroxyl groups excluding tert-OH is 1. The number of benzene rings is 1. The average molecular weight is 258 g/mol. The Morgan fingerprint density at radius 3 is 2.42 bits per heavy atom. The van der Waals surface area contributed by atoms with Gasteiger partial charge in [-0.05, 0) is 29.7 Å². The first-order valence-corrected chi connectivity index (χ1v) is 6.29. The highest BCUT2D eigenvalue weighted by molar-refractivity contribution is 5.63. The van der Waals surface area contributed by atoms with Gasteiger partial charge in [-0.3, -0.25) is 4.79 Å². The molecule has 0 bridgehead atoms. The van der Waals surface area contributed by atoms with Gasteiger partial charge >= 0.3 is 0 Å². The number of hydrogen-bond acceptors (Lipinski definition) is 3. The summed E-state index contributed by atoms with van der Waals surface area (Å²) in [4.78, 5) is 11.8. The van der Waals surface area contributed by atoms with Gasteiger partial charge in [0.2, 0.25) is 0 Å². The molecule has 0 spiro atoms. The van der Waals surface area contributed by atoms with Gasteiger partial charge in [0.15, 0.2) is 0 Å². The van der Waals surface area contributed by atoms with Crippen LogP contribution in [0.2, 0.25) is 0 Å². The highest BCUT2D eigenvalue weighted by Crippen LogP contribution is 2.19. The smallest absolute Gasteiger partial charge is 0.251 e. The molecule has 2 aromatic rings. The summed E-state index contributed by atoms with van der Waals surface area (Å²) in [6, 6.07) is 11.3. The molecule has 0 radical (unpaired) electrons. The maximum Gasteiger partial charge on any atom is 0.251 e. The molecular formula is C15H18N2O2. The lowest BCUT2D eigenvalue weighted by Crippen LogP contribution is -2.20. The first-order chi connectivity index (χ1) is 9.11. The minimum Gasteiger partial charge on any atom is -0.395 e. The van der Waals surface area contributed by atoms with Gasteiger partial charge in [0, 0.05) is 24.8 Å². The van der Waals surface area contributed by atoms with Crippen molar-refractivity contribution in [1.82, 2.24) is 4.57 Å². The molecule has 2 rings (SSSR count). The second kappa shape index (κ2) is 5.82. The SMILES string of the molecule is CC(N)c1ccc(-c2ccn(CCO)c(=O)c2)cc1. The Hall–Kier alpha value is -1.91. The zero-order valence-corrected chi connectivity index (χ0v) is 10.9. The van der Waals surface area contributed by atoms with Crippen LogP contribution in [-0.4, -0.2) is 16.3 Å². The van der Waals surface area contributed by atoms with Crippen molar-refractivity contribution in [3.8, 4) is 11.1 Å². The van der Waals surface area contributed by atoms with Gasteiger partial charge in [0.1, 0.15) is 0 Å². The molecule has 1 aromatic heterocycles. The largest absolute Gasteiger partial charge is 0.395 e. The Morgan fingerprint density at radius 2 is 1.89 bits per heavy atom. The number of nitrogens with zero attached hydrogens (tertiary/aromatic N) is 1. The number of nitrogens with two attached hydrogens (primary N) is 1. The number of rotatable bonds is 4. The third kappa shape index (κ3) is 3.10. The summed E-state index contributed by atoms with van der Waals surface area (Å²) in [7, 11) is 0. The van der Waals surface area contributed by atoms with Gasteiger partial charge in [-0.1, -0.05) is 24.3 Å². The number of aliphatic hydroxyl groups is 1. The van der Waals surface area contributed by atoms with Crippen LogP contribution in [0.15, 0.2) is 47.4 Å². The zero-order chi connectivity index (χ0) is 13.8. The molecule has 0 saturated heterocycles. The summed E-state index contributed by atoms with van der Waals surface area (Å²) >= 11 is 0. The topological polar surface area (TPSA) is 68.2 Å². The Balaban J connectivity index is 2.31. The summed E-state index contributed by atoms with van der Waals surface area (Å²) in [5.41, 5.74) is 8.62. The average Bonchev–Trinajstić information content (AvgIpc) is 2.41. The van der Waals surface area contributed by atoms with E-state index in [9.17, 15) is 4.79 Å². The predicted molar refractivity (Wildman–Crippen MR) is 75.8 cm³/mol. The van der Waals surface area contributed by atoms with Gasteiger partial charge in [-0.15, -0.1) is 0 Å². The third-order valence-electron chi connectivity index (χ3n) is 3.11. The van der Waals surface area contributed by atoms with E-state index in [2.05, 4.69) is 0 Å². The summed E-state index contributed by atoms with van der Waals surface area (Å²) in [5.74, 6) is 0. The van der Waals surface area contributed by atoms with Gasteiger partial charge in [-0.25, -0.2) is 0 Å². The fourth-order valence-corrected chi connectivity index (χ4v) is 1.96. The second-order valence-electron chi connectivity index (χ2n) is 4.58. The first-order valence-electron chi connectivity index (χ1n) is 6.29. The third-order valence-corrected chi connectivity index (χ3v) is 3.11. The van der Waals surface area contributed by atoms with Crippen LogP contribution in [-0.2, 0) is 6.54 Å². The van der Waals surface area contributed by atoms with Gasteiger partial charge < -0.3 is 15.4 Å². The standard InChI is InChI=1S/C15H18N2O2/c1-11(16)12-2-4-13(5-3-12)14-6-7-17(8-9-18)15(19)10-14/h2-7,10-11,18H,8-9,16H2,1H3. The lowest BCUT2D eigenvalue weighted by molar-refractivity contribution is 0.274. The Kier molecular flexibility index (Phi) is 4.14. The molecule has 0 aliphatic carbocycles. The van der Waals surface area contributed by atoms with Crippen molar-refractivity contribution in [2.75, 3.05) is 6.61 Å². The van der Waals surface area contributed by atoms with Crippen LogP contribution < -0.4 is 11.3 Å². The summed E-state index contributed by atoms with van der Waals surface area (Å²) in [6.45, 7) is 2.22. The fourth-order valence-electron chi connectivity index (χ4n) is 1.96. The van der Waals surface area contributed by atoms with Crippen LogP contribution in [0.3, 0.4) is 0 Å². The molecular weight excluding hydrogens is 240 g/mol.